The van der Waals surface area contributed by atoms with Crippen molar-refractivity contribution in [2.75, 3.05) is 53.0 Å². The lowest BCUT2D eigenvalue weighted by Crippen LogP contribution is -2.42. The average molecular weight is 479 g/mol. The molecule has 0 aromatic carbocycles. The molecule has 1 aromatic rings. The number of halogens is 1. The number of aryl methyl sites for hydroxylation is 1. The molecule has 0 bridgehead atoms. The van der Waals surface area contributed by atoms with Crippen LogP contribution in [0.2, 0.25) is 0 Å². The molecular formula is C17H30IN5OS. The Bertz CT molecular complexity index is 547. The molecule has 1 unspecified atom stereocenters. The summed E-state index contributed by atoms with van der Waals surface area (Å²) in [6.07, 6.45) is 4.29. The molecule has 0 amide bonds. The average Bonchev–Trinajstić information content (AvgIpc) is 3.26. The van der Waals surface area contributed by atoms with Crippen molar-refractivity contribution in [2.24, 2.45) is 10.9 Å². The smallest absolute Gasteiger partial charge is 0.194 e. The summed E-state index contributed by atoms with van der Waals surface area (Å²) in [5.74, 6) is 1.74. The van der Waals surface area contributed by atoms with E-state index in [1.54, 1.807) is 11.3 Å². The predicted molar refractivity (Wildman–Crippen MR) is 114 cm³/mol. The number of thiazole rings is 1. The van der Waals surface area contributed by atoms with Crippen LogP contribution < -0.4 is 5.32 Å². The van der Waals surface area contributed by atoms with E-state index < -0.39 is 0 Å². The lowest BCUT2D eigenvalue weighted by atomic mass is 10.1. The summed E-state index contributed by atoms with van der Waals surface area (Å²) < 4.78 is 5.44. The molecule has 3 rings (SSSR count). The van der Waals surface area contributed by atoms with Gasteiger partial charge in [-0.25, -0.2) is 4.98 Å². The fourth-order valence-corrected chi connectivity index (χ4v) is 4.21. The zero-order chi connectivity index (χ0) is 16.8. The lowest BCUT2D eigenvalue weighted by Gasteiger charge is -2.29. The van der Waals surface area contributed by atoms with E-state index in [9.17, 15) is 0 Å². The fourth-order valence-electron chi connectivity index (χ4n) is 3.40. The summed E-state index contributed by atoms with van der Waals surface area (Å²) in [4.78, 5) is 15.2. The Morgan fingerprint density at radius 3 is 2.88 bits per heavy atom. The predicted octanol–water partition coefficient (Wildman–Crippen LogP) is 2.05. The number of aliphatic imine (C=N–C) groups is 1. The van der Waals surface area contributed by atoms with Gasteiger partial charge in [0.05, 0.1) is 19.8 Å². The van der Waals surface area contributed by atoms with Gasteiger partial charge in [-0.3, -0.25) is 9.89 Å². The normalized spacial score (nSPS) is 22.1. The van der Waals surface area contributed by atoms with Crippen LogP contribution in [0.25, 0.3) is 0 Å². The minimum Gasteiger partial charge on any atom is -0.379 e. The third-order valence-corrected chi connectivity index (χ3v) is 5.91. The van der Waals surface area contributed by atoms with Crippen LogP contribution in [0.1, 0.15) is 23.2 Å². The number of nitrogens with zero attached hydrogens (tertiary/aromatic N) is 4. The Balaban J connectivity index is 0.00000225. The third-order valence-electron chi connectivity index (χ3n) is 4.76. The molecule has 3 heterocycles. The molecule has 8 heteroatoms. The molecule has 2 aliphatic heterocycles. The van der Waals surface area contributed by atoms with Crippen LogP contribution >= 0.6 is 35.3 Å². The highest BCUT2D eigenvalue weighted by Crippen LogP contribution is 2.19. The van der Waals surface area contributed by atoms with E-state index in [0.717, 1.165) is 69.2 Å². The van der Waals surface area contributed by atoms with Gasteiger partial charge in [0.1, 0.15) is 5.01 Å². The van der Waals surface area contributed by atoms with Crippen LogP contribution in [0.3, 0.4) is 0 Å². The Hall–Kier alpha value is -0.450. The van der Waals surface area contributed by atoms with E-state index in [0.29, 0.717) is 0 Å². The van der Waals surface area contributed by atoms with Crippen LogP contribution in [0.15, 0.2) is 11.2 Å². The first kappa shape index (κ1) is 20.9. The molecule has 1 N–H and O–H groups in total. The molecule has 0 spiro atoms. The number of hydrogen-bond donors (Lipinski definition) is 1. The Labute approximate surface area is 172 Å². The number of guanidine groups is 1. The van der Waals surface area contributed by atoms with Crippen LogP contribution in [-0.2, 0) is 17.7 Å². The number of aromatic nitrogens is 1. The number of rotatable bonds is 5. The van der Waals surface area contributed by atoms with Crippen molar-refractivity contribution < 1.29 is 4.74 Å². The zero-order valence-electron chi connectivity index (χ0n) is 15.2. The first-order chi connectivity index (χ1) is 11.8. The molecule has 0 saturated carbocycles. The van der Waals surface area contributed by atoms with Gasteiger partial charge < -0.3 is 15.0 Å². The molecule has 0 aliphatic carbocycles. The van der Waals surface area contributed by atoms with E-state index in [-0.39, 0.29) is 24.0 Å². The molecule has 6 nitrogen and oxygen atoms in total. The van der Waals surface area contributed by atoms with Gasteiger partial charge >= 0.3 is 0 Å². The molecule has 1 atom stereocenters. The van der Waals surface area contributed by atoms with Gasteiger partial charge in [0.15, 0.2) is 5.96 Å². The van der Waals surface area contributed by atoms with Crippen LogP contribution in [-0.4, -0.2) is 73.7 Å². The molecule has 142 valence electrons. The molecule has 2 saturated heterocycles. The Morgan fingerprint density at radius 1 is 1.40 bits per heavy atom. The largest absolute Gasteiger partial charge is 0.379 e. The highest BCUT2D eigenvalue weighted by Gasteiger charge is 2.27. The molecule has 25 heavy (non-hydrogen) atoms. The molecule has 0 radical (unpaired) electrons. The quantitative estimate of drug-likeness (QED) is 0.398. The number of nitrogens with one attached hydrogen (secondary N) is 1. The van der Waals surface area contributed by atoms with Gasteiger partial charge in [-0.05, 0) is 18.8 Å². The van der Waals surface area contributed by atoms with Crippen LogP contribution in [0.4, 0.5) is 0 Å². The summed E-state index contributed by atoms with van der Waals surface area (Å²) in [7, 11) is 1.87. The maximum absolute atomic E-state index is 5.44. The highest BCUT2D eigenvalue weighted by molar-refractivity contribution is 14.0. The van der Waals surface area contributed by atoms with E-state index in [1.807, 2.05) is 13.2 Å². The molecule has 2 aliphatic rings. The van der Waals surface area contributed by atoms with Crippen molar-refractivity contribution in [3.05, 3.63) is 16.1 Å². The van der Waals surface area contributed by atoms with Crippen molar-refractivity contribution in [3.63, 3.8) is 0 Å². The molecule has 2 fully saturated rings. The second-order valence-corrected chi connectivity index (χ2v) is 7.69. The summed E-state index contributed by atoms with van der Waals surface area (Å²) in [6.45, 7) is 10.2. The standard InChI is InChI=1S/C17H29N5OS.HI/c1-3-15-10-19-16(24-15)11-20-17(18-2)22-5-4-14(13-22)12-21-6-8-23-9-7-21;/h10,14H,3-9,11-13H2,1-2H3,(H,18,20);1H. The number of morpholine rings is 1. The zero-order valence-corrected chi connectivity index (χ0v) is 18.4. The fraction of sp³-hybridized carbons (Fsp3) is 0.765. The molecular weight excluding hydrogens is 449 g/mol. The minimum atomic E-state index is 0. The van der Waals surface area contributed by atoms with Gasteiger partial charge in [-0.15, -0.1) is 35.3 Å². The number of hydrogen-bond acceptors (Lipinski definition) is 5. The Morgan fingerprint density at radius 2 is 2.20 bits per heavy atom. The van der Waals surface area contributed by atoms with Crippen LogP contribution in [0.5, 0.6) is 0 Å². The van der Waals surface area contributed by atoms with Crippen molar-refractivity contribution in [3.8, 4) is 0 Å². The van der Waals surface area contributed by atoms with E-state index in [1.165, 1.54) is 17.8 Å². The SMILES string of the molecule is CCc1cnc(CNC(=NC)N2CCC(CN3CCOCC3)C2)s1.I. The van der Waals surface area contributed by atoms with E-state index in [2.05, 4.69) is 32.0 Å². The first-order valence-corrected chi connectivity index (χ1v) is 9.79. The first-order valence-electron chi connectivity index (χ1n) is 8.97. The van der Waals surface area contributed by atoms with Gasteiger partial charge in [-0.2, -0.15) is 0 Å². The maximum Gasteiger partial charge on any atom is 0.194 e. The lowest BCUT2D eigenvalue weighted by molar-refractivity contribution is 0.0315. The Kier molecular flexibility index (Phi) is 8.88. The van der Waals surface area contributed by atoms with Gasteiger partial charge in [0, 0.05) is 50.8 Å². The van der Waals surface area contributed by atoms with E-state index in [4.69, 9.17) is 4.74 Å². The molecule has 1 aromatic heterocycles. The second-order valence-electron chi connectivity index (χ2n) is 6.49. The van der Waals surface area contributed by atoms with Crippen molar-refractivity contribution in [1.29, 1.82) is 0 Å². The highest BCUT2D eigenvalue weighted by atomic mass is 127. The van der Waals surface area contributed by atoms with Crippen LogP contribution in [0, 0.1) is 5.92 Å². The van der Waals surface area contributed by atoms with Gasteiger partial charge in [0.2, 0.25) is 0 Å². The topological polar surface area (TPSA) is 53.0 Å². The summed E-state index contributed by atoms with van der Waals surface area (Å²) in [5, 5.41) is 4.62. The van der Waals surface area contributed by atoms with Gasteiger partial charge in [0.25, 0.3) is 0 Å². The summed E-state index contributed by atoms with van der Waals surface area (Å²) in [6, 6.07) is 0. The third kappa shape index (κ3) is 6.04. The maximum atomic E-state index is 5.44. The number of ether oxygens (including phenoxy) is 1. The summed E-state index contributed by atoms with van der Waals surface area (Å²) >= 11 is 1.79. The van der Waals surface area contributed by atoms with Gasteiger partial charge in [-0.1, -0.05) is 6.92 Å². The van der Waals surface area contributed by atoms with Crippen molar-refractivity contribution >= 4 is 41.3 Å². The van der Waals surface area contributed by atoms with Crippen molar-refractivity contribution in [2.45, 2.75) is 26.3 Å². The minimum absolute atomic E-state index is 0. The summed E-state index contributed by atoms with van der Waals surface area (Å²) in [5.41, 5.74) is 0. The number of likely N-dealkylation sites (tertiary alicyclic amines) is 1. The second kappa shape index (κ2) is 10.6. The van der Waals surface area contributed by atoms with E-state index >= 15 is 0 Å². The monoisotopic (exact) mass is 479 g/mol. The van der Waals surface area contributed by atoms with Crippen molar-refractivity contribution in [1.82, 2.24) is 20.1 Å².